The van der Waals surface area contributed by atoms with Crippen molar-refractivity contribution in [3.8, 4) is 0 Å². The zero-order chi connectivity index (χ0) is 16.6. The molecule has 1 saturated heterocycles. The third-order valence-electron chi connectivity index (χ3n) is 4.69. The number of piperazine rings is 1. The molecule has 2 heterocycles. The first-order valence-electron chi connectivity index (χ1n) is 8.02. The van der Waals surface area contributed by atoms with E-state index in [1.54, 1.807) is 6.07 Å². The molecule has 0 bridgehead atoms. The molecule has 0 saturated carbocycles. The number of likely N-dealkylation sites (N-methyl/N-ethyl adjacent to an activating group) is 1. The number of hydrogen-bond acceptors (Lipinski definition) is 4. The summed E-state index contributed by atoms with van der Waals surface area (Å²) in [4.78, 5) is 16.9. The highest BCUT2D eigenvalue weighted by Gasteiger charge is 2.28. The molecule has 6 nitrogen and oxygen atoms in total. The Hall–Kier alpha value is -1.60. The molecule has 0 radical (unpaired) electrons. The van der Waals surface area contributed by atoms with Crippen molar-refractivity contribution in [1.82, 2.24) is 9.80 Å². The number of fused-ring (bicyclic) bond motifs is 1. The molecule has 1 amide bonds. The SMILES string of the molecule is CCN1CCN(C(=O)c2ccc3c(c2)N(S(C)(=O)=O)CC3)CC1. The molecule has 7 heteroatoms. The van der Waals surface area contributed by atoms with Crippen LogP contribution in [0.4, 0.5) is 5.69 Å². The molecule has 0 spiro atoms. The summed E-state index contributed by atoms with van der Waals surface area (Å²) in [6, 6.07) is 5.44. The largest absolute Gasteiger partial charge is 0.336 e. The third kappa shape index (κ3) is 3.21. The van der Waals surface area contributed by atoms with Gasteiger partial charge in [-0.3, -0.25) is 9.10 Å². The van der Waals surface area contributed by atoms with Gasteiger partial charge in [-0.1, -0.05) is 13.0 Å². The van der Waals surface area contributed by atoms with Crippen molar-refractivity contribution in [2.45, 2.75) is 13.3 Å². The van der Waals surface area contributed by atoms with E-state index in [0.717, 1.165) is 38.3 Å². The lowest BCUT2D eigenvalue weighted by molar-refractivity contribution is 0.0643. The average Bonchev–Trinajstić information content (AvgIpc) is 2.97. The maximum Gasteiger partial charge on any atom is 0.254 e. The number of amides is 1. The highest BCUT2D eigenvalue weighted by atomic mass is 32.2. The zero-order valence-electron chi connectivity index (χ0n) is 13.7. The molecular weight excluding hydrogens is 314 g/mol. The van der Waals surface area contributed by atoms with Gasteiger partial charge in [0.2, 0.25) is 10.0 Å². The summed E-state index contributed by atoms with van der Waals surface area (Å²) in [5, 5.41) is 0. The quantitative estimate of drug-likeness (QED) is 0.818. The Morgan fingerprint density at radius 1 is 1.13 bits per heavy atom. The van der Waals surface area contributed by atoms with Gasteiger partial charge < -0.3 is 9.80 Å². The van der Waals surface area contributed by atoms with Crippen LogP contribution in [0.3, 0.4) is 0 Å². The molecule has 3 rings (SSSR count). The second-order valence-electron chi connectivity index (χ2n) is 6.16. The van der Waals surface area contributed by atoms with Gasteiger partial charge in [0.05, 0.1) is 11.9 Å². The molecule has 1 aromatic rings. The van der Waals surface area contributed by atoms with Gasteiger partial charge in [-0.15, -0.1) is 0 Å². The van der Waals surface area contributed by atoms with Crippen LogP contribution in [0.2, 0.25) is 0 Å². The first kappa shape index (κ1) is 16.3. The Morgan fingerprint density at radius 3 is 2.43 bits per heavy atom. The minimum absolute atomic E-state index is 0.0103. The Balaban J connectivity index is 1.81. The Morgan fingerprint density at radius 2 is 1.83 bits per heavy atom. The second-order valence-corrected chi connectivity index (χ2v) is 8.06. The first-order chi connectivity index (χ1) is 10.9. The molecule has 23 heavy (non-hydrogen) atoms. The van der Waals surface area contributed by atoms with Crippen LogP contribution in [-0.4, -0.2) is 69.6 Å². The monoisotopic (exact) mass is 337 g/mol. The number of carbonyl (C=O) groups is 1. The lowest BCUT2D eigenvalue weighted by atomic mass is 10.1. The van der Waals surface area contributed by atoms with Gasteiger partial charge in [0.15, 0.2) is 0 Å². The number of anilines is 1. The number of carbonyl (C=O) groups excluding carboxylic acids is 1. The molecule has 0 aliphatic carbocycles. The number of sulfonamides is 1. The fraction of sp³-hybridized carbons (Fsp3) is 0.562. The molecule has 1 aromatic carbocycles. The van der Waals surface area contributed by atoms with Crippen molar-refractivity contribution in [3.63, 3.8) is 0 Å². The molecule has 0 unspecified atom stereocenters. The van der Waals surface area contributed by atoms with E-state index in [-0.39, 0.29) is 5.91 Å². The van der Waals surface area contributed by atoms with Gasteiger partial charge in [-0.25, -0.2) is 8.42 Å². The normalized spacial score (nSPS) is 19.0. The van der Waals surface area contributed by atoms with E-state index in [9.17, 15) is 13.2 Å². The van der Waals surface area contributed by atoms with Gasteiger partial charge in [-0.05, 0) is 30.7 Å². The van der Waals surface area contributed by atoms with Crippen LogP contribution in [0.15, 0.2) is 18.2 Å². The van der Waals surface area contributed by atoms with Crippen molar-refractivity contribution >= 4 is 21.6 Å². The molecular formula is C16H23N3O3S. The van der Waals surface area contributed by atoms with E-state index < -0.39 is 10.0 Å². The smallest absolute Gasteiger partial charge is 0.254 e. The predicted molar refractivity (Wildman–Crippen MR) is 90.4 cm³/mol. The van der Waals surface area contributed by atoms with Gasteiger partial charge in [0.1, 0.15) is 0 Å². The summed E-state index contributed by atoms with van der Waals surface area (Å²) >= 11 is 0. The summed E-state index contributed by atoms with van der Waals surface area (Å²) in [6.07, 6.45) is 1.91. The van der Waals surface area contributed by atoms with Crippen molar-refractivity contribution in [2.24, 2.45) is 0 Å². The minimum Gasteiger partial charge on any atom is -0.336 e. The Bertz CT molecular complexity index is 709. The summed E-state index contributed by atoms with van der Waals surface area (Å²) in [5.74, 6) is -0.0103. The minimum atomic E-state index is -3.29. The van der Waals surface area contributed by atoms with Crippen LogP contribution in [0.5, 0.6) is 0 Å². The molecule has 0 N–H and O–H groups in total. The van der Waals surface area contributed by atoms with Crippen LogP contribution in [0.1, 0.15) is 22.8 Å². The summed E-state index contributed by atoms with van der Waals surface area (Å²) < 4.78 is 25.1. The number of hydrogen-bond donors (Lipinski definition) is 0. The molecule has 0 atom stereocenters. The standard InChI is InChI=1S/C16H23N3O3S/c1-3-17-8-10-18(11-9-17)16(20)14-5-4-13-6-7-19(15(13)12-14)23(2,21)22/h4-5,12H,3,6-11H2,1-2H3. The highest BCUT2D eigenvalue weighted by molar-refractivity contribution is 7.92. The van der Waals surface area contributed by atoms with Crippen LogP contribution >= 0.6 is 0 Å². The zero-order valence-corrected chi connectivity index (χ0v) is 14.5. The summed E-state index contributed by atoms with van der Waals surface area (Å²) in [6.45, 7) is 6.81. The Kier molecular flexibility index (Phi) is 4.33. The number of benzene rings is 1. The van der Waals surface area contributed by atoms with Crippen LogP contribution < -0.4 is 4.31 Å². The van der Waals surface area contributed by atoms with E-state index >= 15 is 0 Å². The topological polar surface area (TPSA) is 60.9 Å². The van der Waals surface area contributed by atoms with Crippen molar-refractivity contribution < 1.29 is 13.2 Å². The van der Waals surface area contributed by atoms with Crippen molar-refractivity contribution in [1.29, 1.82) is 0 Å². The molecule has 126 valence electrons. The van der Waals surface area contributed by atoms with E-state index in [0.29, 0.717) is 24.2 Å². The first-order valence-corrected chi connectivity index (χ1v) is 9.87. The van der Waals surface area contributed by atoms with E-state index in [2.05, 4.69) is 11.8 Å². The van der Waals surface area contributed by atoms with Crippen LogP contribution in [0, 0.1) is 0 Å². The lowest BCUT2D eigenvalue weighted by Gasteiger charge is -2.34. The molecule has 2 aliphatic heterocycles. The third-order valence-corrected chi connectivity index (χ3v) is 5.87. The number of rotatable bonds is 3. The highest BCUT2D eigenvalue weighted by Crippen LogP contribution is 2.31. The van der Waals surface area contributed by atoms with Crippen LogP contribution in [0.25, 0.3) is 0 Å². The van der Waals surface area contributed by atoms with Gasteiger partial charge in [0, 0.05) is 38.3 Å². The number of nitrogens with zero attached hydrogens (tertiary/aromatic N) is 3. The van der Waals surface area contributed by atoms with Crippen LogP contribution in [-0.2, 0) is 16.4 Å². The average molecular weight is 337 g/mol. The van der Waals surface area contributed by atoms with E-state index in [1.807, 2.05) is 17.0 Å². The second kappa shape index (κ2) is 6.13. The predicted octanol–water partition coefficient (Wildman–Crippen LogP) is 0.786. The van der Waals surface area contributed by atoms with Gasteiger partial charge in [0.25, 0.3) is 5.91 Å². The van der Waals surface area contributed by atoms with Crippen molar-refractivity contribution in [3.05, 3.63) is 29.3 Å². The van der Waals surface area contributed by atoms with Crippen molar-refractivity contribution in [2.75, 3.05) is 49.8 Å². The van der Waals surface area contributed by atoms with Gasteiger partial charge in [-0.2, -0.15) is 0 Å². The fourth-order valence-corrected chi connectivity index (χ4v) is 4.23. The molecule has 0 aromatic heterocycles. The molecule has 2 aliphatic rings. The lowest BCUT2D eigenvalue weighted by Crippen LogP contribution is -2.48. The van der Waals surface area contributed by atoms with E-state index in [1.165, 1.54) is 10.6 Å². The maximum atomic E-state index is 12.7. The van der Waals surface area contributed by atoms with Gasteiger partial charge >= 0.3 is 0 Å². The fourth-order valence-electron chi connectivity index (χ4n) is 3.28. The Labute approximate surface area is 137 Å². The molecule has 1 fully saturated rings. The summed E-state index contributed by atoms with van der Waals surface area (Å²) in [5.41, 5.74) is 2.22. The summed E-state index contributed by atoms with van der Waals surface area (Å²) in [7, 11) is -3.29. The maximum absolute atomic E-state index is 12.7. The van der Waals surface area contributed by atoms with E-state index in [4.69, 9.17) is 0 Å².